The summed E-state index contributed by atoms with van der Waals surface area (Å²) in [6.07, 6.45) is 4.52. The summed E-state index contributed by atoms with van der Waals surface area (Å²) in [5, 5.41) is 6.63. The van der Waals surface area contributed by atoms with Gasteiger partial charge < -0.3 is 15.5 Å². The molecule has 0 heterocycles. The van der Waals surface area contributed by atoms with Gasteiger partial charge in [0, 0.05) is 25.4 Å². The molecule has 0 atom stereocenters. The van der Waals surface area contributed by atoms with E-state index in [1.807, 2.05) is 11.8 Å². The number of nitrogens with zero attached hydrogens (tertiary/aromatic N) is 2. The Morgan fingerprint density at radius 1 is 1.10 bits per heavy atom. The number of hydrogen-bond donors (Lipinski definition) is 2. The topological polar surface area (TPSA) is 39.7 Å². The third kappa shape index (κ3) is 13.3. The molecule has 0 bridgehead atoms. The number of guanidine groups is 1. The lowest BCUT2D eigenvalue weighted by molar-refractivity contribution is 0.297. The zero-order valence-corrected chi connectivity index (χ0v) is 16.7. The quantitative estimate of drug-likeness (QED) is 0.235. The van der Waals surface area contributed by atoms with Crippen LogP contribution >= 0.6 is 35.7 Å². The Kier molecular flexibility index (Phi) is 19.6. The van der Waals surface area contributed by atoms with Crippen LogP contribution in [0, 0.1) is 0 Å². The Hall–Kier alpha value is 0.310. The number of hydrogen-bond acceptors (Lipinski definition) is 3. The Morgan fingerprint density at radius 2 is 1.80 bits per heavy atom. The molecule has 2 N–H and O–H groups in total. The lowest BCUT2D eigenvalue weighted by Gasteiger charge is -2.17. The van der Waals surface area contributed by atoms with E-state index in [0.29, 0.717) is 0 Å². The molecule has 0 rings (SSSR count). The third-order valence-corrected chi connectivity index (χ3v) is 3.60. The first kappa shape index (κ1) is 22.6. The first-order valence-corrected chi connectivity index (χ1v) is 8.91. The highest BCUT2D eigenvalue weighted by molar-refractivity contribution is 14.0. The standard InChI is InChI=1S/C14H32N4S.HI/c1-5-15-14(17-11-13-19-4)16-10-8-9-12-18(6-2)7-3;/h5-13H2,1-4H3,(H2,15,16,17);1H. The second-order valence-electron chi connectivity index (χ2n) is 4.41. The molecule has 20 heavy (non-hydrogen) atoms. The van der Waals surface area contributed by atoms with Gasteiger partial charge in [0.15, 0.2) is 5.96 Å². The van der Waals surface area contributed by atoms with Crippen LogP contribution < -0.4 is 10.6 Å². The largest absolute Gasteiger partial charge is 0.357 e. The molecule has 0 aliphatic heterocycles. The van der Waals surface area contributed by atoms with Gasteiger partial charge in [-0.15, -0.1) is 24.0 Å². The first-order chi connectivity index (χ1) is 9.28. The van der Waals surface area contributed by atoms with Crippen LogP contribution in [-0.2, 0) is 0 Å². The monoisotopic (exact) mass is 416 g/mol. The molecule has 0 unspecified atom stereocenters. The summed E-state index contributed by atoms with van der Waals surface area (Å²) in [7, 11) is 0. The molecule has 6 heteroatoms. The second-order valence-corrected chi connectivity index (χ2v) is 5.40. The molecule has 0 saturated heterocycles. The molecular weight excluding hydrogens is 383 g/mol. The number of rotatable bonds is 11. The van der Waals surface area contributed by atoms with Crippen molar-refractivity contribution in [2.24, 2.45) is 4.99 Å². The number of unbranched alkanes of at least 4 members (excludes halogenated alkanes) is 1. The second kappa shape index (κ2) is 17.4. The molecule has 0 aliphatic carbocycles. The molecule has 0 aromatic carbocycles. The van der Waals surface area contributed by atoms with Crippen LogP contribution in [0.5, 0.6) is 0 Å². The molecule has 0 amide bonds. The van der Waals surface area contributed by atoms with Crippen molar-refractivity contribution in [2.45, 2.75) is 33.6 Å². The number of thioether (sulfide) groups is 1. The summed E-state index contributed by atoms with van der Waals surface area (Å²) in [6.45, 7) is 12.9. The van der Waals surface area contributed by atoms with Gasteiger partial charge in [0.1, 0.15) is 0 Å². The number of halogens is 1. The van der Waals surface area contributed by atoms with E-state index in [-0.39, 0.29) is 24.0 Å². The van der Waals surface area contributed by atoms with Crippen LogP contribution in [0.1, 0.15) is 33.6 Å². The Morgan fingerprint density at radius 3 is 2.35 bits per heavy atom. The first-order valence-electron chi connectivity index (χ1n) is 7.51. The minimum absolute atomic E-state index is 0. The van der Waals surface area contributed by atoms with Gasteiger partial charge in [-0.25, -0.2) is 0 Å². The van der Waals surface area contributed by atoms with Crippen LogP contribution in [-0.4, -0.2) is 62.1 Å². The minimum atomic E-state index is 0. The highest BCUT2D eigenvalue weighted by Gasteiger charge is 1.99. The van der Waals surface area contributed by atoms with Gasteiger partial charge in [-0.3, -0.25) is 4.99 Å². The van der Waals surface area contributed by atoms with Gasteiger partial charge in [-0.05, 0) is 45.7 Å². The van der Waals surface area contributed by atoms with E-state index in [2.05, 4.69) is 47.6 Å². The average molecular weight is 416 g/mol. The number of nitrogens with one attached hydrogen (secondary N) is 2. The predicted octanol–water partition coefficient (Wildman–Crippen LogP) is 2.64. The van der Waals surface area contributed by atoms with Crippen molar-refractivity contribution in [1.29, 1.82) is 0 Å². The lowest BCUT2D eigenvalue weighted by Crippen LogP contribution is -2.38. The fourth-order valence-corrected chi connectivity index (χ4v) is 2.10. The van der Waals surface area contributed by atoms with Gasteiger partial charge in [-0.2, -0.15) is 11.8 Å². The summed E-state index contributed by atoms with van der Waals surface area (Å²) < 4.78 is 0. The van der Waals surface area contributed by atoms with Crippen molar-refractivity contribution in [3.63, 3.8) is 0 Å². The summed E-state index contributed by atoms with van der Waals surface area (Å²) >= 11 is 1.85. The van der Waals surface area contributed by atoms with Crippen molar-refractivity contribution in [3.8, 4) is 0 Å². The number of aliphatic imine (C=N–C) groups is 1. The predicted molar refractivity (Wildman–Crippen MR) is 105 cm³/mol. The molecular formula is C14H33IN4S. The van der Waals surface area contributed by atoms with Crippen LogP contribution in [0.3, 0.4) is 0 Å². The minimum Gasteiger partial charge on any atom is -0.357 e. The van der Waals surface area contributed by atoms with E-state index >= 15 is 0 Å². The maximum atomic E-state index is 4.60. The smallest absolute Gasteiger partial charge is 0.191 e. The van der Waals surface area contributed by atoms with Crippen LogP contribution in [0.25, 0.3) is 0 Å². The van der Waals surface area contributed by atoms with E-state index in [1.165, 1.54) is 13.0 Å². The Bertz CT molecular complexity index is 223. The molecule has 0 fully saturated rings. The lowest BCUT2D eigenvalue weighted by atomic mass is 10.3. The van der Waals surface area contributed by atoms with Crippen LogP contribution in [0.4, 0.5) is 0 Å². The molecule has 0 aromatic rings. The van der Waals surface area contributed by atoms with Gasteiger partial charge in [0.25, 0.3) is 0 Å². The molecule has 0 aliphatic rings. The van der Waals surface area contributed by atoms with E-state index in [4.69, 9.17) is 0 Å². The Balaban J connectivity index is 0. The van der Waals surface area contributed by atoms with Gasteiger partial charge in [0.2, 0.25) is 0 Å². The van der Waals surface area contributed by atoms with Crippen molar-refractivity contribution in [1.82, 2.24) is 15.5 Å². The normalized spacial score (nSPS) is 11.3. The molecule has 0 radical (unpaired) electrons. The molecule has 0 spiro atoms. The van der Waals surface area contributed by atoms with Crippen molar-refractivity contribution >= 4 is 41.7 Å². The third-order valence-electron chi connectivity index (χ3n) is 2.99. The van der Waals surface area contributed by atoms with E-state index in [0.717, 1.165) is 50.9 Å². The van der Waals surface area contributed by atoms with Crippen molar-refractivity contribution in [2.75, 3.05) is 51.3 Å². The molecule has 0 aromatic heterocycles. The van der Waals surface area contributed by atoms with Gasteiger partial charge in [0.05, 0.1) is 0 Å². The van der Waals surface area contributed by atoms with Gasteiger partial charge >= 0.3 is 0 Å². The fourth-order valence-electron chi connectivity index (χ4n) is 1.79. The molecule has 122 valence electrons. The van der Waals surface area contributed by atoms with Gasteiger partial charge in [-0.1, -0.05) is 13.8 Å². The van der Waals surface area contributed by atoms with Crippen molar-refractivity contribution < 1.29 is 0 Å². The summed E-state index contributed by atoms with van der Waals surface area (Å²) in [5.41, 5.74) is 0. The highest BCUT2D eigenvalue weighted by Crippen LogP contribution is 1.95. The highest BCUT2D eigenvalue weighted by atomic mass is 127. The maximum absolute atomic E-state index is 4.60. The van der Waals surface area contributed by atoms with E-state index in [1.54, 1.807) is 0 Å². The van der Waals surface area contributed by atoms with Crippen molar-refractivity contribution in [3.05, 3.63) is 0 Å². The summed E-state index contributed by atoms with van der Waals surface area (Å²) in [4.78, 5) is 7.06. The summed E-state index contributed by atoms with van der Waals surface area (Å²) in [5.74, 6) is 2.08. The summed E-state index contributed by atoms with van der Waals surface area (Å²) in [6, 6.07) is 0. The van der Waals surface area contributed by atoms with E-state index in [9.17, 15) is 0 Å². The maximum Gasteiger partial charge on any atom is 0.191 e. The zero-order valence-electron chi connectivity index (χ0n) is 13.6. The SMILES string of the molecule is CCNC(=NCCCCN(CC)CC)NCCSC.I. The molecule has 0 saturated carbocycles. The molecule has 4 nitrogen and oxygen atoms in total. The average Bonchev–Trinajstić information content (AvgIpc) is 2.43. The van der Waals surface area contributed by atoms with E-state index < -0.39 is 0 Å². The Labute approximate surface area is 147 Å². The van der Waals surface area contributed by atoms with Crippen LogP contribution in [0.15, 0.2) is 4.99 Å². The fraction of sp³-hybridized carbons (Fsp3) is 0.929. The zero-order chi connectivity index (χ0) is 14.3. The van der Waals surface area contributed by atoms with Crippen LogP contribution in [0.2, 0.25) is 0 Å².